The summed E-state index contributed by atoms with van der Waals surface area (Å²) >= 11 is 0. The van der Waals surface area contributed by atoms with Gasteiger partial charge < -0.3 is 5.32 Å². The lowest BCUT2D eigenvalue weighted by Gasteiger charge is -1.85. The van der Waals surface area contributed by atoms with E-state index in [1.54, 1.807) is 12.5 Å². The van der Waals surface area contributed by atoms with E-state index in [0.717, 1.165) is 13.0 Å². The molecule has 12 heavy (non-hydrogen) atoms. The highest BCUT2D eigenvalue weighted by Gasteiger charge is 1.68. The van der Waals surface area contributed by atoms with Crippen LogP contribution >= 0.6 is 0 Å². The number of aliphatic imine (C=N–C) groups is 1. The van der Waals surface area contributed by atoms with Crippen molar-refractivity contribution in [2.75, 3.05) is 6.54 Å². The molecule has 0 rings (SSSR count). The van der Waals surface area contributed by atoms with E-state index >= 15 is 0 Å². The first kappa shape index (κ1) is 13.6. The molecule has 0 heterocycles. The van der Waals surface area contributed by atoms with Gasteiger partial charge in [0.25, 0.3) is 0 Å². The average Bonchev–Trinajstić information content (AvgIpc) is 2.15. The average molecular weight is 168 g/mol. The lowest BCUT2D eigenvalue weighted by atomic mass is 10.5. The highest BCUT2D eigenvalue weighted by atomic mass is 14.9. The Morgan fingerprint density at radius 2 is 2.08 bits per heavy atom. The summed E-state index contributed by atoms with van der Waals surface area (Å²) in [5.41, 5.74) is 2.87. The van der Waals surface area contributed by atoms with Gasteiger partial charge in [-0.15, -0.1) is 5.73 Å². The summed E-state index contributed by atoms with van der Waals surface area (Å²) in [6, 6.07) is 0. The molecule has 0 saturated heterocycles. The molecule has 0 atom stereocenters. The van der Waals surface area contributed by atoms with Crippen LogP contribution in [-0.4, -0.2) is 12.9 Å². The Bertz CT molecular complexity index is 142. The van der Waals surface area contributed by atoms with Crippen LogP contribution in [0.25, 0.3) is 0 Å². The van der Waals surface area contributed by atoms with Crippen LogP contribution in [0.15, 0.2) is 23.0 Å². The Kier molecular flexibility index (Phi) is 18.7. The van der Waals surface area contributed by atoms with Gasteiger partial charge in [0.15, 0.2) is 0 Å². The first-order chi connectivity index (χ1) is 5.91. The van der Waals surface area contributed by atoms with E-state index in [2.05, 4.69) is 23.0 Å². The van der Waals surface area contributed by atoms with Crippen molar-refractivity contribution in [1.29, 1.82) is 0 Å². The van der Waals surface area contributed by atoms with Crippen molar-refractivity contribution in [3.05, 3.63) is 18.0 Å². The van der Waals surface area contributed by atoms with Gasteiger partial charge >= 0.3 is 0 Å². The highest BCUT2D eigenvalue weighted by molar-refractivity contribution is 5.55. The number of rotatable bonds is 4. The molecule has 0 saturated carbocycles. The third-order valence-corrected chi connectivity index (χ3v) is 0.852. The zero-order chi connectivity index (χ0) is 9.66. The van der Waals surface area contributed by atoms with E-state index < -0.39 is 0 Å². The molecule has 0 aromatic rings. The molecule has 0 bridgehead atoms. The Balaban J connectivity index is 0. The first-order valence-corrected chi connectivity index (χ1v) is 4.51. The third-order valence-electron chi connectivity index (χ3n) is 0.852. The molecule has 1 N–H and O–H groups in total. The maximum Gasteiger partial charge on any atom is 0.0867 e. The van der Waals surface area contributed by atoms with E-state index in [1.165, 1.54) is 0 Å². The lowest BCUT2D eigenvalue weighted by molar-refractivity contribution is 0.931. The zero-order valence-corrected chi connectivity index (χ0v) is 8.59. The topological polar surface area (TPSA) is 24.4 Å². The van der Waals surface area contributed by atoms with Crippen LogP contribution in [-0.2, 0) is 0 Å². The van der Waals surface area contributed by atoms with Crippen molar-refractivity contribution in [2.45, 2.75) is 34.1 Å². The van der Waals surface area contributed by atoms with Crippen LogP contribution in [0.4, 0.5) is 0 Å². The largest absolute Gasteiger partial charge is 0.346 e. The number of allylic oxidation sites excluding steroid dienone is 1. The Morgan fingerprint density at radius 1 is 1.42 bits per heavy atom. The van der Waals surface area contributed by atoms with Gasteiger partial charge in [-0.25, -0.2) is 0 Å². The molecule has 0 aromatic heterocycles. The standard InChI is InChI=1S/C8H14N2.C2H6/c1-3-5-7-10-8-9-6-4-2;1-2/h3,7-8H,4,6H2,1-2H3,(H,9,10);1-2H3. The lowest BCUT2D eigenvalue weighted by Crippen LogP contribution is -1.99. The van der Waals surface area contributed by atoms with E-state index in [1.807, 2.05) is 26.8 Å². The second-order valence-corrected chi connectivity index (χ2v) is 1.80. The molecule has 0 aliphatic carbocycles. The van der Waals surface area contributed by atoms with Crippen molar-refractivity contribution >= 4 is 6.34 Å². The zero-order valence-electron chi connectivity index (χ0n) is 8.59. The summed E-state index contributed by atoms with van der Waals surface area (Å²) < 4.78 is 0. The normalized spacial score (nSPS) is 8.00. The second-order valence-electron chi connectivity index (χ2n) is 1.80. The Morgan fingerprint density at radius 3 is 2.58 bits per heavy atom. The van der Waals surface area contributed by atoms with Gasteiger partial charge in [0, 0.05) is 12.7 Å². The number of hydrogen-bond acceptors (Lipinski definition) is 1. The Labute approximate surface area is 76.1 Å². The summed E-state index contributed by atoms with van der Waals surface area (Å²) in [6.07, 6.45) is 6.32. The fourth-order valence-corrected chi connectivity index (χ4v) is 0.415. The fourth-order valence-electron chi connectivity index (χ4n) is 0.415. The van der Waals surface area contributed by atoms with Crippen molar-refractivity contribution in [3.63, 3.8) is 0 Å². The van der Waals surface area contributed by atoms with Crippen LogP contribution in [0.5, 0.6) is 0 Å². The van der Waals surface area contributed by atoms with Gasteiger partial charge in [0.1, 0.15) is 0 Å². The maximum absolute atomic E-state index is 4.04. The maximum atomic E-state index is 4.04. The van der Waals surface area contributed by atoms with Crippen LogP contribution in [0.3, 0.4) is 0 Å². The monoisotopic (exact) mass is 168 g/mol. The third kappa shape index (κ3) is 16.0. The van der Waals surface area contributed by atoms with Gasteiger partial charge in [-0.2, -0.15) is 0 Å². The van der Waals surface area contributed by atoms with E-state index in [4.69, 9.17) is 0 Å². The molecule has 2 heteroatoms. The molecule has 0 aliphatic rings. The van der Waals surface area contributed by atoms with E-state index in [9.17, 15) is 0 Å². The fraction of sp³-hybridized carbons (Fsp3) is 0.600. The smallest absolute Gasteiger partial charge is 0.0867 e. The summed E-state index contributed by atoms with van der Waals surface area (Å²) in [7, 11) is 0. The second kappa shape index (κ2) is 16.5. The molecule has 2 nitrogen and oxygen atoms in total. The van der Waals surface area contributed by atoms with Crippen molar-refractivity contribution in [1.82, 2.24) is 5.32 Å². The van der Waals surface area contributed by atoms with E-state index in [0.29, 0.717) is 0 Å². The molecule has 0 fully saturated rings. The molecule has 0 spiro atoms. The predicted molar refractivity (Wildman–Crippen MR) is 56.5 cm³/mol. The highest BCUT2D eigenvalue weighted by Crippen LogP contribution is 1.72. The van der Waals surface area contributed by atoms with E-state index in [-0.39, 0.29) is 0 Å². The summed E-state index contributed by atoms with van der Waals surface area (Å²) in [4.78, 5) is 4.04. The quantitative estimate of drug-likeness (QED) is 0.389. The minimum Gasteiger partial charge on any atom is -0.346 e. The molecule has 70 valence electrons. The minimum atomic E-state index is 0.886. The van der Waals surface area contributed by atoms with Gasteiger partial charge in [0.2, 0.25) is 0 Å². The summed E-state index contributed by atoms with van der Waals surface area (Å²) in [5, 5.41) is 2.86. The molecular weight excluding hydrogens is 148 g/mol. The van der Waals surface area contributed by atoms with Gasteiger partial charge in [-0.1, -0.05) is 20.8 Å². The molecular formula is C10H20N2. The van der Waals surface area contributed by atoms with Crippen molar-refractivity contribution < 1.29 is 0 Å². The SMILES string of the molecule is CC.CC=C=CNC=NCCC. The molecule has 0 aromatic carbocycles. The van der Waals surface area contributed by atoms with Gasteiger partial charge in [0.05, 0.1) is 6.34 Å². The van der Waals surface area contributed by atoms with Crippen LogP contribution in [0.1, 0.15) is 34.1 Å². The predicted octanol–water partition coefficient (Wildman–Crippen LogP) is 2.73. The van der Waals surface area contributed by atoms with Crippen LogP contribution in [0.2, 0.25) is 0 Å². The molecule has 0 radical (unpaired) electrons. The summed E-state index contributed by atoms with van der Waals surface area (Å²) in [5.74, 6) is 0. The molecule has 0 aliphatic heterocycles. The van der Waals surface area contributed by atoms with Crippen LogP contribution < -0.4 is 5.32 Å². The number of nitrogens with one attached hydrogen (secondary N) is 1. The Hall–Kier alpha value is -1.01. The molecule has 0 unspecified atom stereocenters. The first-order valence-electron chi connectivity index (χ1n) is 4.51. The summed E-state index contributed by atoms with van der Waals surface area (Å²) in [6.45, 7) is 8.90. The minimum absolute atomic E-state index is 0.886. The van der Waals surface area contributed by atoms with Crippen molar-refractivity contribution in [3.8, 4) is 0 Å². The van der Waals surface area contributed by atoms with Crippen molar-refractivity contribution in [2.24, 2.45) is 4.99 Å². The molecule has 0 amide bonds. The van der Waals surface area contributed by atoms with Gasteiger partial charge in [-0.05, 0) is 19.4 Å². The van der Waals surface area contributed by atoms with Crippen LogP contribution in [0, 0.1) is 0 Å². The number of nitrogens with zero attached hydrogens (tertiary/aromatic N) is 1. The van der Waals surface area contributed by atoms with Gasteiger partial charge in [-0.3, -0.25) is 4.99 Å². The number of hydrogen-bond donors (Lipinski definition) is 1.